The fourth-order valence-corrected chi connectivity index (χ4v) is 5.33. The van der Waals surface area contributed by atoms with Gasteiger partial charge < -0.3 is 15.0 Å². The van der Waals surface area contributed by atoms with Gasteiger partial charge in [-0.05, 0) is 80.7 Å². The molecule has 0 bridgehead atoms. The van der Waals surface area contributed by atoms with Crippen LogP contribution in [0.5, 0.6) is 11.5 Å². The number of anilines is 1. The molecule has 9 heteroatoms. The lowest BCUT2D eigenvalue weighted by atomic mass is 9.96. The number of nitrogens with zero attached hydrogens (tertiary/aromatic N) is 6. The van der Waals surface area contributed by atoms with Crippen molar-refractivity contribution in [3.05, 3.63) is 120 Å². The van der Waals surface area contributed by atoms with E-state index in [1.807, 2.05) is 83.7 Å². The summed E-state index contributed by atoms with van der Waals surface area (Å²) in [6, 6.07) is 25.7. The molecule has 37 heavy (non-hydrogen) atoms. The fraction of sp³-hybridized carbons (Fsp3) is 0.143. The summed E-state index contributed by atoms with van der Waals surface area (Å²) in [6.07, 6.45) is 5.21. The van der Waals surface area contributed by atoms with Crippen molar-refractivity contribution in [2.24, 2.45) is 0 Å². The highest BCUT2D eigenvalue weighted by Gasteiger charge is 2.42. The number of hydrogen-bond acceptors (Lipinski definition) is 5. The van der Waals surface area contributed by atoms with Crippen molar-refractivity contribution in [3.63, 3.8) is 0 Å². The van der Waals surface area contributed by atoms with Crippen LogP contribution < -0.4 is 15.0 Å². The Bertz CT molecular complexity index is 1520. The molecule has 5 aromatic rings. The van der Waals surface area contributed by atoms with Crippen LogP contribution in [0.1, 0.15) is 34.7 Å². The number of ether oxygens (including phenoxy) is 1. The van der Waals surface area contributed by atoms with E-state index in [0.29, 0.717) is 5.11 Å². The van der Waals surface area contributed by atoms with Gasteiger partial charge in [0.15, 0.2) is 5.11 Å². The molecular weight excluding hydrogens is 482 g/mol. The quantitative estimate of drug-likeness (QED) is 0.310. The number of nitrogens with one attached hydrogen (secondary N) is 1. The first-order chi connectivity index (χ1) is 18.1. The summed E-state index contributed by atoms with van der Waals surface area (Å²) in [4.78, 5) is 6.83. The van der Waals surface area contributed by atoms with Crippen molar-refractivity contribution in [3.8, 4) is 11.5 Å². The van der Waals surface area contributed by atoms with Gasteiger partial charge in [-0.1, -0.05) is 24.3 Å². The normalized spacial score (nSPS) is 17.1. The molecule has 0 radical (unpaired) electrons. The van der Waals surface area contributed by atoms with Crippen LogP contribution in [-0.4, -0.2) is 29.6 Å². The third-order valence-corrected chi connectivity index (χ3v) is 6.90. The minimum atomic E-state index is -0.135. The average Bonchev–Trinajstić information content (AvgIpc) is 3.63. The first kappa shape index (κ1) is 22.9. The summed E-state index contributed by atoms with van der Waals surface area (Å²) in [5.74, 6) is 1.56. The van der Waals surface area contributed by atoms with Crippen LogP contribution in [0.15, 0.2) is 97.7 Å². The summed E-state index contributed by atoms with van der Waals surface area (Å²) >= 11 is 5.90. The molecule has 8 nitrogen and oxygen atoms in total. The molecule has 4 heterocycles. The van der Waals surface area contributed by atoms with E-state index >= 15 is 0 Å². The highest BCUT2D eigenvalue weighted by molar-refractivity contribution is 7.80. The Balaban J connectivity index is 1.41. The number of pyridine rings is 1. The molecule has 0 unspecified atom stereocenters. The van der Waals surface area contributed by atoms with Crippen LogP contribution in [0.2, 0.25) is 0 Å². The molecule has 184 valence electrons. The Labute approximate surface area is 220 Å². The zero-order valence-corrected chi connectivity index (χ0v) is 21.2. The third-order valence-electron chi connectivity index (χ3n) is 6.58. The second kappa shape index (κ2) is 9.51. The number of aryl methyl sites for hydroxylation is 1. The zero-order valence-electron chi connectivity index (χ0n) is 20.4. The Morgan fingerprint density at radius 3 is 2.27 bits per heavy atom. The number of hydrogen-bond donors (Lipinski definition) is 1. The summed E-state index contributed by atoms with van der Waals surface area (Å²) in [6.45, 7) is 4.18. The van der Waals surface area contributed by atoms with Gasteiger partial charge >= 0.3 is 0 Å². The number of para-hydroxylation sites is 1. The first-order valence-electron chi connectivity index (χ1n) is 12.0. The molecule has 1 fully saturated rings. The Kier molecular flexibility index (Phi) is 5.90. The maximum absolute atomic E-state index is 6.01. The lowest BCUT2D eigenvalue weighted by Gasteiger charge is -2.28. The van der Waals surface area contributed by atoms with E-state index in [1.54, 1.807) is 12.7 Å². The second-order valence-corrected chi connectivity index (χ2v) is 9.27. The van der Waals surface area contributed by atoms with Gasteiger partial charge in [-0.25, -0.2) is 4.68 Å². The molecule has 3 aromatic heterocycles. The van der Waals surface area contributed by atoms with Crippen molar-refractivity contribution in [1.29, 1.82) is 0 Å². The number of rotatable bonds is 6. The predicted molar refractivity (Wildman–Crippen MR) is 146 cm³/mol. The van der Waals surface area contributed by atoms with E-state index in [0.717, 1.165) is 39.8 Å². The minimum absolute atomic E-state index is 0.125. The smallest absolute Gasteiger partial charge is 0.174 e. The van der Waals surface area contributed by atoms with Crippen LogP contribution in [0.25, 0.3) is 0 Å². The van der Waals surface area contributed by atoms with E-state index < -0.39 is 0 Å². The molecular formula is C28H25N7OS. The van der Waals surface area contributed by atoms with Crippen molar-refractivity contribution in [2.45, 2.75) is 25.9 Å². The van der Waals surface area contributed by atoms with Crippen LogP contribution in [-0.2, 0) is 0 Å². The largest absolute Gasteiger partial charge is 0.457 e. The van der Waals surface area contributed by atoms with Gasteiger partial charge in [-0.2, -0.15) is 0 Å². The first-order valence-corrected chi connectivity index (χ1v) is 12.4. The molecule has 0 aliphatic carbocycles. The average molecular weight is 508 g/mol. The maximum Gasteiger partial charge on any atom is 0.174 e. The number of aromatic nitrogens is 5. The molecule has 1 aliphatic rings. The van der Waals surface area contributed by atoms with E-state index in [4.69, 9.17) is 17.0 Å². The monoisotopic (exact) mass is 507 g/mol. The molecule has 0 saturated carbocycles. The van der Waals surface area contributed by atoms with Gasteiger partial charge in [-0.3, -0.25) is 9.66 Å². The standard InChI is InChI=1S/C28H25N7OS/c1-19-16-24(20(2)35(19)33-17-30-31-18-33)27-26(25-10-6-7-15-29-25)32-28(37)34(27)21-11-13-23(14-12-21)36-22-8-4-3-5-9-22/h3-18,26-27H,1-2H3,(H,32,37)/t26-,27+/m0/s1. The second-order valence-electron chi connectivity index (χ2n) is 8.89. The van der Waals surface area contributed by atoms with Crippen molar-refractivity contribution in [2.75, 3.05) is 4.90 Å². The van der Waals surface area contributed by atoms with Gasteiger partial charge in [0.2, 0.25) is 0 Å². The minimum Gasteiger partial charge on any atom is -0.457 e. The summed E-state index contributed by atoms with van der Waals surface area (Å²) < 4.78 is 9.99. The van der Waals surface area contributed by atoms with E-state index in [2.05, 4.69) is 50.0 Å². The molecule has 0 amide bonds. The maximum atomic E-state index is 6.01. The summed E-state index contributed by atoms with van der Waals surface area (Å²) in [5, 5.41) is 12.2. The molecule has 6 rings (SSSR count). The summed E-state index contributed by atoms with van der Waals surface area (Å²) in [7, 11) is 0. The lowest BCUT2D eigenvalue weighted by molar-refractivity contribution is 0.482. The topological polar surface area (TPSA) is 73.0 Å². The zero-order chi connectivity index (χ0) is 25.4. The van der Waals surface area contributed by atoms with E-state index in [-0.39, 0.29) is 12.1 Å². The third kappa shape index (κ3) is 4.23. The predicted octanol–water partition coefficient (Wildman–Crippen LogP) is 5.37. The molecule has 1 N–H and O–H groups in total. The molecule has 1 saturated heterocycles. The van der Waals surface area contributed by atoms with Gasteiger partial charge in [0.05, 0.1) is 17.8 Å². The van der Waals surface area contributed by atoms with Crippen molar-refractivity contribution in [1.82, 2.24) is 29.9 Å². The number of benzene rings is 2. The van der Waals surface area contributed by atoms with E-state index in [1.165, 1.54) is 0 Å². The van der Waals surface area contributed by atoms with Crippen molar-refractivity contribution < 1.29 is 4.74 Å². The van der Waals surface area contributed by atoms with Gasteiger partial charge in [0.25, 0.3) is 0 Å². The SMILES string of the molecule is Cc1cc([C@@H]2[C@H](c3ccccn3)NC(=S)N2c2ccc(Oc3ccccc3)cc2)c(C)n1-n1cnnc1. The molecule has 2 aromatic carbocycles. The van der Waals surface area contributed by atoms with Crippen LogP contribution in [0.3, 0.4) is 0 Å². The van der Waals surface area contributed by atoms with Gasteiger partial charge in [0.1, 0.15) is 24.2 Å². The van der Waals surface area contributed by atoms with E-state index in [9.17, 15) is 0 Å². The Morgan fingerprint density at radius 1 is 0.865 bits per heavy atom. The molecule has 1 aliphatic heterocycles. The van der Waals surface area contributed by atoms with Gasteiger partial charge in [-0.15, -0.1) is 10.2 Å². The highest BCUT2D eigenvalue weighted by atomic mass is 32.1. The highest BCUT2D eigenvalue weighted by Crippen LogP contribution is 2.43. The lowest BCUT2D eigenvalue weighted by Crippen LogP contribution is -2.29. The molecule has 0 spiro atoms. The van der Waals surface area contributed by atoms with Crippen molar-refractivity contribution >= 4 is 23.0 Å². The fourth-order valence-electron chi connectivity index (χ4n) is 4.98. The van der Waals surface area contributed by atoms with Crippen LogP contribution in [0.4, 0.5) is 5.69 Å². The van der Waals surface area contributed by atoms with Gasteiger partial charge in [0, 0.05) is 28.8 Å². The van der Waals surface area contributed by atoms with Crippen LogP contribution in [0, 0.1) is 13.8 Å². The summed E-state index contributed by atoms with van der Waals surface area (Å²) in [5.41, 5.74) is 5.17. The Morgan fingerprint density at radius 2 is 1.57 bits per heavy atom. The number of thiocarbonyl (C=S) groups is 1. The van der Waals surface area contributed by atoms with Crippen LogP contribution >= 0.6 is 12.2 Å². The Hall–Kier alpha value is -4.50. The molecule has 2 atom stereocenters.